The Balaban J connectivity index is 1.43. The lowest BCUT2D eigenvalue weighted by Gasteiger charge is -2.58. The van der Waals surface area contributed by atoms with Crippen molar-refractivity contribution in [2.45, 2.75) is 118 Å². The van der Waals surface area contributed by atoms with Crippen molar-refractivity contribution in [3.8, 4) is 0 Å². The number of rotatable bonds is 8. The van der Waals surface area contributed by atoms with Crippen LogP contribution in [0, 0.1) is 46.3 Å². The van der Waals surface area contributed by atoms with Gasteiger partial charge in [0.15, 0.2) is 0 Å². The standard InChI is InChI=1S/C30H50O2S/c1-20(2)7-6-8-21(3)25-11-12-26-24-10-9-22-19-23(32-28(31)15-18-33)13-16-29(22,4)27(24)14-17-30(25,26)5/h9,20-21,23-27,33H,6-8,10-19H2,1-5H3/t21-,23?,24+,25-,26+,27+,29+,30-/m1/s1. The van der Waals surface area contributed by atoms with Crippen LogP contribution in [0.15, 0.2) is 11.6 Å². The quantitative estimate of drug-likeness (QED) is 0.218. The highest BCUT2D eigenvalue weighted by atomic mass is 32.1. The minimum Gasteiger partial charge on any atom is -0.462 e. The lowest BCUT2D eigenvalue weighted by atomic mass is 9.47. The zero-order valence-electron chi connectivity index (χ0n) is 22.1. The summed E-state index contributed by atoms with van der Waals surface area (Å²) in [4.78, 5) is 12.0. The third kappa shape index (κ3) is 4.96. The molecule has 33 heavy (non-hydrogen) atoms. The predicted molar refractivity (Wildman–Crippen MR) is 141 cm³/mol. The molecule has 188 valence electrons. The van der Waals surface area contributed by atoms with Gasteiger partial charge in [0.05, 0.1) is 6.42 Å². The van der Waals surface area contributed by atoms with E-state index in [0.717, 1.165) is 48.3 Å². The molecule has 3 heteroatoms. The molecule has 4 aliphatic carbocycles. The van der Waals surface area contributed by atoms with Gasteiger partial charge in [0, 0.05) is 12.2 Å². The van der Waals surface area contributed by atoms with Crippen molar-refractivity contribution in [3.05, 3.63) is 11.6 Å². The summed E-state index contributed by atoms with van der Waals surface area (Å²) in [5, 5.41) is 0. The molecule has 4 rings (SSSR count). The molecule has 0 aromatic rings. The fraction of sp³-hybridized carbons (Fsp3) is 0.900. The van der Waals surface area contributed by atoms with Crippen molar-refractivity contribution < 1.29 is 9.53 Å². The number of hydrogen-bond acceptors (Lipinski definition) is 3. The average Bonchev–Trinajstić information content (AvgIpc) is 3.11. The molecule has 0 heterocycles. The summed E-state index contributed by atoms with van der Waals surface area (Å²) in [5.41, 5.74) is 2.50. The van der Waals surface area contributed by atoms with E-state index in [1.165, 1.54) is 57.8 Å². The van der Waals surface area contributed by atoms with Crippen LogP contribution in [-0.4, -0.2) is 17.8 Å². The van der Waals surface area contributed by atoms with Gasteiger partial charge in [0.1, 0.15) is 6.10 Å². The Kier molecular flexibility index (Phi) is 7.99. The van der Waals surface area contributed by atoms with E-state index in [9.17, 15) is 4.79 Å². The molecule has 8 atom stereocenters. The zero-order chi connectivity index (χ0) is 23.8. The molecule has 2 nitrogen and oxygen atoms in total. The zero-order valence-corrected chi connectivity index (χ0v) is 23.0. The van der Waals surface area contributed by atoms with E-state index in [2.05, 4.69) is 53.3 Å². The summed E-state index contributed by atoms with van der Waals surface area (Å²) in [7, 11) is 0. The predicted octanol–water partition coefficient (Wildman–Crippen LogP) is 8.26. The fourth-order valence-electron chi connectivity index (χ4n) is 9.09. The van der Waals surface area contributed by atoms with Gasteiger partial charge >= 0.3 is 5.97 Å². The van der Waals surface area contributed by atoms with Crippen LogP contribution in [0.4, 0.5) is 0 Å². The lowest BCUT2D eigenvalue weighted by Crippen LogP contribution is -2.51. The van der Waals surface area contributed by atoms with Crippen LogP contribution in [0.25, 0.3) is 0 Å². The van der Waals surface area contributed by atoms with E-state index < -0.39 is 0 Å². The lowest BCUT2D eigenvalue weighted by molar-refractivity contribution is -0.151. The number of ether oxygens (including phenoxy) is 1. The second kappa shape index (κ2) is 10.3. The van der Waals surface area contributed by atoms with Gasteiger partial charge in [-0.3, -0.25) is 4.79 Å². The molecule has 1 unspecified atom stereocenters. The van der Waals surface area contributed by atoms with Gasteiger partial charge in [0.2, 0.25) is 0 Å². The van der Waals surface area contributed by atoms with Gasteiger partial charge in [-0.25, -0.2) is 0 Å². The van der Waals surface area contributed by atoms with Crippen LogP contribution in [0.5, 0.6) is 0 Å². The Labute approximate surface area is 209 Å². The van der Waals surface area contributed by atoms with E-state index in [-0.39, 0.29) is 12.1 Å². The first-order chi connectivity index (χ1) is 15.7. The van der Waals surface area contributed by atoms with Gasteiger partial charge in [-0.05, 0) is 91.3 Å². The van der Waals surface area contributed by atoms with Crippen molar-refractivity contribution >= 4 is 18.6 Å². The summed E-state index contributed by atoms with van der Waals surface area (Å²) in [6.45, 7) is 12.5. The monoisotopic (exact) mass is 474 g/mol. The molecular weight excluding hydrogens is 424 g/mol. The van der Waals surface area contributed by atoms with E-state index >= 15 is 0 Å². The minimum absolute atomic E-state index is 0.0687. The number of esters is 1. The molecule has 3 fully saturated rings. The molecule has 3 saturated carbocycles. The summed E-state index contributed by atoms with van der Waals surface area (Å²) >= 11 is 4.18. The Hall–Kier alpha value is -0.440. The van der Waals surface area contributed by atoms with Crippen LogP contribution in [0.3, 0.4) is 0 Å². The SMILES string of the molecule is CC(C)CCC[C@@H](C)[C@H]1CC[C@H]2[C@@H]3CC=C4CC(OC(=O)CCS)CC[C@]4(C)[C@H]3CC[C@]12C. The maximum Gasteiger partial charge on any atom is 0.306 e. The third-order valence-corrected chi connectivity index (χ3v) is 11.1. The Bertz CT molecular complexity index is 729. The smallest absolute Gasteiger partial charge is 0.306 e. The Morgan fingerprint density at radius 1 is 1.09 bits per heavy atom. The summed E-state index contributed by atoms with van der Waals surface area (Å²) in [6, 6.07) is 0. The summed E-state index contributed by atoms with van der Waals surface area (Å²) < 4.78 is 5.81. The second-order valence-corrected chi connectivity index (χ2v) is 13.6. The third-order valence-electron chi connectivity index (χ3n) is 10.9. The van der Waals surface area contributed by atoms with Crippen molar-refractivity contribution in [3.63, 3.8) is 0 Å². The van der Waals surface area contributed by atoms with Crippen molar-refractivity contribution in [1.82, 2.24) is 0 Å². The van der Waals surface area contributed by atoms with Crippen LogP contribution < -0.4 is 0 Å². The van der Waals surface area contributed by atoms with E-state index in [0.29, 0.717) is 23.0 Å². The van der Waals surface area contributed by atoms with E-state index in [1.54, 1.807) is 5.57 Å². The van der Waals surface area contributed by atoms with Gasteiger partial charge in [-0.1, -0.05) is 65.5 Å². The molecule has 0 amide bonds. The van der Waals surface area contributed by atoms with Gasteiger partial charge in [-0.15, -0.1) is 0 Å². The highest BCUT2D eigenvalue weighted by Gasteiger charge is 2.59. The number of carbonyl (C=O) groups is 1. The highest BCUT2D eigenvalue weighted by molar-refractivity contribution is 7.80. The van der Waals surface area contributed by atoms with Crippen molar-refractivity contribution in [2.75, 3.05) is 5.75 Å². The van der Waals surface area contributed by atoms with Crippen LogP contribution in [0.2, 0.25) is 0 Å². The average molecular weight is 475 g/mol. The molecule has 0 bridgehead atoms. The largest absolute Gasteiger partial charge is 0.462 e. The number of thiol groups is 1. The molecule has 0 N–H and O–H groups in total. The minimum atomic E-state index is -0.0687. The van der Waals surface area contributed by atoms with Gasteiger partial charge in [-0.2, -0.15) is 12.6 Å². The first-order valence-corrected chi connectivity index (χ1v) is 14.8. The molecule has 0 aliphatic heterocycles. The van der Waals surface area contributed by atoms with E-state index in [1.807, 2.05) is 0 Å². The molecule has 0 spiro atoms. The topological polar surface area (TPSA) is 26.3 Å². The molecule has 0 aromatic carbocycles. The van der Waals surface area contributed by atoms with Crippen LogP contribution in [-0.2, 0) is 9.53 Å². The van der Waals surface area contributed by atoms with Crippen LogP contribution >= 0.6 is 12.6 Å². The maximum atomic E-state index is 12.0. The molecule has 0 radical (unpaired) electrons. The Morgan fingerprint density at radius 2 is 1.88 bits per heavy atom. The van der Waals surface area contributed by atoms with Gasteiger partial charge < -0.3 is 4.74 Å². The number of carbonyl (C=O) groups excluding carboxylic acids is 1. The molecule has 0 aromatic heterocycles. The van der Waals surface area contributed by atoms with Crippen LogP contribution in [0.1, 0.15) is 112 Å². The summed E-state index contributed by atoms with van der Waals surface area (Å²) in [5.74, 6) is 5.76. The first-order valence-electron chi connectivity index (χ1n) is 14.2. The number of fused-ring (bicyclic) bond motifs is 5. The van der Waals surface area contributed by atoms with Crippen molar-refractivity contribution in [1.29, 1.82) is 0 Å². The molecular formula is C30H50O2S. The second-order valence-electron chi connectivity index (χ2n) is 13.1. The number of hydrogen-bond donors (Lipinski definition) is 1. The van der Waals surface area contributed by atoms with Gasteiger partial charge in [0.25, 0.3) is 0 Å². The fourth-order valence-corrected chi connectivity index (χ4v) is 9.27. The number of allylic oxidation sites excluding steroid dienone is 1. The van der Waals surface area contributed by atoms with E-state index in [4.69, 9.17) is 4.74 Å². The first kappa shape index (κ1) is 25.6. The molecule has 0 saturated heterocycles. The van der Waals surface area contributed by atoms with Crippen molar-refractivity contribution in [2.24, 2.45) is 46.3 Å². The normalized spacial score (nSPS) is 41.1. The highest BCUT2D eigenvalue weighted by Crippen LogP contribution is 2.67. The molecule has 4 aliphatic rings. The maximum absolute atomic E-state index is 12.0. The summed E-state index contributed by atoms with van der Waals surface area (Å²) in [6.07, 6.45) is 17.6. The Morgan fingerprint density at radius 3 is 2.61 bits per heavy atom.